The molecule has 4 aromatic heterocycles. The summed E-state index contributed by atoms with van der Waals surface area (Å²) in [6.45, 7) is 7.09. The first-order valence-electron chi connectivity index (χ1n) is 13.9. The molecule has 10 heteroatoms. The van der Waals surface area contributed by atoms with E-state index in [1.807, 2.05) is 59.1 Å². The quantitative estimate of drug-likeness (QED) is 0.307. The number of nitrogens with one attached hydrogen (secondary N) is 1. The molecule has 1 aromatic carbocycles. The van der Waals surface area contributed by atoms with E-state index in [1.54, 1.807) is 6.33 Å². The minimum atomic E-state index is 0.661. The molecule has 204 valence electrons. The number of rotatable bonds is 9. The number of hydrogen-bond acceptors (Lipinski definition) is 8. The van der Waals surface area contributed by atoms with E-state index in [0.29, 0.717) is 19.2 Å². The highest BCUT2D eigenvalue weighted by molar-refractivity contribution is 5.64. The van der Waals surface area contributed by atoms with E-state index in [2.05, 4.69) is 59.4 Å². The first-order valence-corrected chi connectivity index (χ1v) is 13.9. The minimum absolute atomic E-state index is 0.661. The lowest BCUT2D eigenvalue weighted by atomic mass is 10.1. The van der Waals surface area contributed by atoms with E-state index in [9.17, 15) is 0 Å². The van der Waals surface area contributed by atoms with Crippen LogP contribution in [0.5, 0.6) is 5.75 Å². The molecule has 0 saturated carbocycles. The number of pyridine rings is 1. The first-order chi connectivity index (χ1) is 19.7. The van der Waals surface area contributed by atoms with E-state index in [4.69, 9.17) is 4.74 Å². The van der Waals surface area contributed by atoms with Crippen LogP contribution in [0.1, 0.15) is 12.0 Å². The van der Waals surface area contributed by atoms with E-state index < -0.39 is 0 Å². The smallest absolute Gasteiger partial charge is 0.140 e. The molecule has 0 aliphatic carbocycles. The Morgan fingerprint density at radius 3 is 2.77 bits per heavy atom. The first kappa shape index (κ1) is 24.7. The number of nitrogens with zero attached hydrogens (tertiary/aromatic N) is 8. The average molecular weight is 536 g/mol. The van der Waals surface area contributed by atoms with Crippen molar-refractivity contribution in [2.75, 3.05) is 44.6 Å². The monoisotopic (exact) mass is 535 g/mol. The second kappa shape index (κ2) is 10.7. The summed E-state index contributed by atoms with van der Waals surface area (Å²) < 4.78 is 9.96. The zero-order valence-electron chi connectivity index (χ0n) is 22.6. The molecule has 10 nitrogen and oxygen atoms in total. The van der Waals surface area contributed by atoms with Crippen molar-refractivity contribution < 1.29 is 4.74 Å². The molecule has 2 saturated heterocycles. The van der Waals surface area contributed by atoms with Gasteiger partial charge in [0.15, 0.2) is 0 Å². The van der Waals surface area contributed by atoms with Crippen molar-refractivity contribution >= 4 is 11.5 Å². The van der Waals surface area contributed by atoms with Gasteiger partial charge < -0.3 is 15.0 Å². The third kappa shape index (κ3) is 5.15. The minimum Gasteiger partial charge on any atom is -0.492 e. The zero-order valence-corrected chi connectivity index (χ0v) is 22.6. The van der Waals surface area contributed by atoms with E-state index >= 15 is 0 Å². The maximum absolute atomic E-state index is 6.12. The Bertz CT molecular complexity index is 1610. The summed E-state index contributed by atoms with van der Waals surface area (Å²) in [6.07, 6.45) is 10.6. The van der Waals surface area contributed by atoms with Gasteiger partial charge in [0.25, 0.3) is 0 Å². The second-order valence-corrected chi connectivity index (χ2v) is 10.6. The number of aryl methyl sites for hydroxylation is 1. The van der Waals surface area contributed by atoms with Crippen LogP contribution in [-0.2, 0) is 13.6 Å². The largest absolute Gasteiger partial charge is 0.492 e. The van der Waals surface area contributed by atoms with Gasteiger partial charge in [0.05, 0.1) is 23.8 Å². The average Bonchev–Trinajstić information content (AvgIpc) is 3.72. The van der Waals surface area contributed by atoms with Crippen LogP contribution in [-0.4, -0.2) is 84.3 Å². The maximum Gasteiger partial charge on any atom is 0.140 e. The molecular formula is C30H33N9O. The molecule has 2 aliphatic heterocycles. The summed E-state index contributed by atoms with van der Waals surface area (Å²) in [5.41, 5.74) is 5.97. The Morgan fingerprint density at radius 2 is 1.90 bits per heavy atom. The maximum atomic E-state index is 6.12. The van der Waals surface area contributed by atoms with Crippen LogP contribution < -0.4 is 10.1 Å². The highest BCUT2D eigenvalue weighted by Gasteiger charge is 2.31. The summed E-state index contributed by atoms with van der Waals surface area (Å²) in [4.78, 5) is 18.7. The predicted molar refractivity (Wildman–Crippen MR) is 154 cm³/mol. The van der Waals surface area contributed by atoms with Crippen molar-refractivity contribution in [1.29, 1.82) is 0 Å². The Kier molecular flexibility index (Phi) is 6.62. The molecule has 1 N–H and O–H groups in total. The fraction of sp³-hybridized carbons (Fsp3) is 0.333. The third-order valence-corrected chi connectivity index (χ3v) is 7.99. The van der Waals surface area contributed by atoms with E-state index in [-0.39, 0.29) is 0 Å². The third-order valence-electron chi connectivity index (χ3n) is 7.99. The van der Waals surface area contributed by atoms with Crippen molar-refractivity contribution in [3.8, 4) is 28.3 Å². The standard InChI is InChI=1S/C30H33N9O/c1-36-19-24(17-35-36)23-4-2-22(3-5-23)16-31-29-15-27(33-21-34-29)28-18-32-30-14-26(7-9-39(28)30)40-13-12-38-11-10-37-8-6-25(38)20-37/h2-5,7,9,14-15,17-19,21,25H,6,8,10-13,16,20H2,1H3,(H,31,33,34). The number of imidazole rings is 1. The van der Waals surface area contributed by atoms with Gasteiger partial charge in [-0.05, 0) is 30.2 Å². The molecule has 0 radical (unpaired) electrons. The number of fused-ring (bicyclic) bond motifs is 3. The van der Waals surface area contributed by atoms with Crippen molar-refractivity contribution in [3.05, 3.63) is 79.1 Å². The van der Waals surface area contributed by atoms with Gasteiger partial charge >= 0.3 is 0 Å². The number of ether oxygens (including phenoxy) is 1. The highest BCUT2D eigenvalue weighted by Crippen LogP contribution is 2.24. The number of anilines is 1. The summed E-state index contributed by atoms with van der Waals surface area (Å²) in [7, 11) is 1.93. The topological polar surface area (TPSA) is 88.6 Å². The fourth-order valence-electron chi connectivity index (χ4n) is 5.75. The molecule has 5 aromatic rings. The molecule has 40 heavy (non-hydrogen) atoms. The number of aromatic nitrogens is 6. The Labute approximate surface area is 233 Å². The summed E-state index contributed by atoms with van der Waals surface area (Å²) in [6, 6.07) is 15.1. The second-order valence-electron chi connectivity index (χ2n) is 10.6. The molecule has 2 atom stereocenters. The Hall–Kier alpha value is -4.28. The van der Waals surface area contributed by atoms with Crippen LogP contribution in [0.25, 0.3) is 28.2 Å². The number of piperazine rings is 1. The zero-order chi connectivity index (χ0) is 26.9. The van der Waals surface area contributed by atoms with Crippen LogP contribution in [0.15, 0.2) is 73.6 Å². The van der Waals surface area contributed by atoms with Crippen LogP contribution in [0.4, 0.5) is 5.82 Å². The van der Waals surface area contributed by atoms with Crippen molar-refractivity contribution in [2.24, 2.45) is 7.05 Å². The Balaban J connectivity index is 0.981. The molecule has 2 unspecified atom stereocenters. The number of hydrogen-bond donors (Lipinski definition) is 1. The predicted octanol–water partition coefficient (Wildman–Crippen LogP) is 3.57. The van der Waals surface area contributed by atoms with Gasteiger partial charge in [-0.15, -0.1) is 0 Å². The van der Waals surface area contributed by atoms with Gasteiger partial charge in [-0.1, -0.05) is 24.3 Å². The lowest BCUT2D eigenvalue weighted by Crippen LogP contribution is -2.47. The number of benzene rings is 1. The van der Waals surface area contributed by atoms with Crippen LogP contribution in [0.3, 0.4) is 0 Å². The normalized spacial score (nSPS) is 18.8. The molecule has 2 aliphatic rings. The molecule has 0 amide bonds. The van der Waals surface area contributed by atoms with Gasteiger partial charge in [-0.2, -0.15) is 5.10 Å². The SMILES string of the molecule is Cn1cc(-c2ccc(CNc3cc(-c4cnc5cc(OCCN6CCN7CCC6C7)ccn45)ncn3)cc2)cn1. The molecule has 0 spiro atoms. The van der Waals surface area contributed by atoms with Gasteiger partial charge in [-0.3, -0.25) is 14.0 Å². The molecule has 7 rings (SSSR count). The fourth-order valence-corrected chi connectivity index (χ4v) is 5.75. The summed E-state index contributed by atoms with van der Waals surface area (Å²) >= 11 is 0. The van der Waals surface area contributed by atoms with E-state index in [0.717, 1.165) is 52.8 Å². The van der Waals surface area contributed by atoms with Crippen molar-refractivity contribution in [2.45, 2.75) is 19.0 Å². The van der Waals surface area contributed by atoms with Crippen LogP contribution >= 0.6 is 0 Å². The van der Waals surface area contributed by atoms with Crippen molar-refractivity contribution in [1.82, 2.24) is 38.9 Å². The van der Waals surface area contributed by atoms with Gasteiger partial charge in [0.1, 0.15) is 30.1 Å². The molecule has 2 fully saturated rings. The lowest BCUT2D eigenvalue weighted by Gasteiger charge is -2.34. The lowest BCUT2D eigenvalue weighted by molar-refractivity contribution is 0.115. The van der Waals surface area contributed by atoms with Gasteiger partial charge in [-0.25, -0.2) is 15.0 Å². The molecular weight excluding hydrogens is 502 g/mol. The molecule has 2 bridgehead atoms. The van der Waals surface area contributed by atoms with Crippen molar-refractivity contribution in [3.63, 3.8) is 0 Å². The van der Waals surface area contributed by atoms with Gasteiger partial charge in [0.2, 0.25) is 0 Å². The van der Waals surface area contributed by atoms with Crippen LogP contribution in [0, 0.1) is 0 Å². The highest BCUT2D eigenvalue weighted by atomic mass is 16.5. The molecule has 6 heterocycles. The van der Waals surface area contributed by atoms with Crippen LogP contribution in [0.2, 0.25) is 0 Å². The van der Waals surface area contributed by atoms with E-state index in [1.165, 1.54) is 31.6 Å². The Morgan fingerprint density at radius 1 is 0.975 bits per heavy atom. The van der Waals surface area contributed by atoms with Gasteiger partial charge in [0, 0.05) is 75.9 Å². The summed E-state index contributed by atoms with van der Waals surface area (Å²) in [5, 5.41) is 7.67. The summed E-state index contributed by atoms with van der Waals surface area (Å²) in [5.74, 6) is 1.61.